The lowest BCUT2D eigenvalue weighted by molar-refractivity contribution is -0.130. The Morgan fingerprint density at radius 1 is 1.27 bits per heavy atom. The summed E-state index contributed by atoms with van der Waals surface area (Å²) in [6.45, 7) is 4.70. The molecule has 22 heavy (non-hydrogen) atoms. The van der Waals surface area contributed by atoms with Gasteiger partial charge >= 0.3 is 0 Å². The van der Waals surface area contributed by atoms with Gasteiger partial charge in [-0.15, -0.1) is 0 Å². The van der Waals surface area contributed by atoms with Gasteiger partial charge < -0.3 is 9.64 Å². The van der Waals surface area contributed by atoms with E-state index in [1.54, 1.807) is 14.0 Å². The zero-order valence-electron chi connectivity index (χ0n) is 13.6. The van der Waals surface area contributed by atoms with Crippen molar-refractivity contribution in [2.45, 2.75) is 51.2 Å². The average Bonchev–Trinajstić information content (AvgIpc) is 3.27. The van der Waals surface area contributed by atoms with E-state index < -0.39 is 0 Å². The van der Waals surface area contributed by atoms with Crippen LogP contribution in [-0.4, -0.2) is 48.0 Å². The van der Waals surface area contributed by atoms with Crippen molar-refractivity contribution in [3.05, 3.63) is 29.8 Å². The van der Waals surface area contributed by atoms with Crippen molar-refractivity contribution in [3.63, 3.8) is 0 Å². The maximum Gasteiger partial charge on any atom is 0.219 e. The summed E-state index contributed by atoms with van der Waals surface area (Å²) >= 11 is 0. The Hall–Kier alpha value is -1.55. The second-order valence-corrected chi connectivity index (χ2v) is 6.52. The van der Waals surface area contributed by atoms with Crippen molar-refractivity contribution in [1.29, 1.82) is 0 Å². The van der Waals surface area contributed by atoms with Gasteiger partial charge in [-0.25, -0.2) is 0 Å². The molecule has 1 aliphatic carbocycles. The van der Waals surface area contributed by atoms with Crippen LogP contribution in [0.4, 0.5) is 0 Å². The molecule has 0 N–H and O–H groups in total. The number of nitrogens with zero attached hydrogens (tertiary/aromatic N) is 2. The highest BCUT2D eigenvalue weighted by Crippen LogP contribution is 2.29. The summed E-state index contributed by atoms with van der Waals surface area (Å²) in [5.74, 6) is 1.14. The Labute approximate surface area is 133 Å². The van der Waals surface area contributed by atoms with Gasteiger partial charge in [-0.3, -0.25) is 9.69 Å². The number of hydrogen-bond acceptors (Lipinski definition) is 3. The molecule has 4 nitrogen and oxygen atoms in total. The topological polar surface area (TPSA) is 32.8 Å². The van der Waals surface area contributed by atoms with E-state index in [4.69, 9.17) is 4.74 Å². The molecule has 1 heterocycles. The van der Waals surface area contributed by atoms with Crippen molar-refractivity contribution < 1.29 is 9.53 Å². The molecule has 0 bridgehead atoms. The van der Waals surface area contributed by atoms with E-state index in [1.165, 1.54) is 31.2 Å². The molecule has 1 saturated heterocycles. The van der Waals surface area contributed by atoms with Gasteiger partial charge in [-0.1, -0.05) is 12.1 Å². The molecule has 1 unspecified atom stereocenters. The molecular weight excluding hydrogens is 276 g/mol. The first-order valence-electron chi connectivity index (χ1n) is 8.31. The van der Waals surface area contributed by atoms with Gasteiger partial charge in [-0.2, -0.15) is 0 Å². The number of carbonyl (C=O) groups is 1. The van der Waals surface area contributed by atoms with E-state index in [0.717, 1.165) is 25.4 Å². The first-order chi connectivity index (χ1) is 10.7. The Kier molecular flexibility index (Phi) is 4.67. The molecule has 3 rings (SSSR count). The van der Waals surface area contributed by atoms with Crippen LogP contribution in [0, 0.1) is 0 Å². The minimum Gasteiger partial charge on any atom is -0.497 e. The molecule has 1 atom stereocenters. The highest BCUT2D eigenvalue weighted by molar-refractivity contribution is 5.74. The molecule has 1 saturated carbocycles. The summed E-state index contributed by atoms with van der Waals surface area (Å²) in [6, 6.07) is 9.34. The summed E-state index contributed by atoms with van der Waals surface area (Å²) in [4.78, 5) is 16.5. The van der Waals surface area contributed by atoms with E-state index in [9.17, 15) is 4.79 Å². The number of amides is 1. The van der Waals surface area contributed by atoms with Crippen LogP contribution in [0.3, 0.4) is 0 Å². The fraction of sp³-hybridized carbons (Fsp3) is 0.611. The molecule has 0 spiro atoms. The third kappa shape index (κ3) is 3.61. The van der Waals surface area contributed by atoms with Crippen molar-refractivity contribution in [2.24, 2.45) is 0 Å². The monoisotopic (exact) mass is 302 g/mol. The molecule has 0 radical (unpaired) electrons. The summed E-state index contributed by atoms with van der Waals surface area (Å²) in [7, 11) is 1.69. The summed E-state index contributed by atoms with van der Waals surface area (Å²) in [5, 5.41) is 0. The predicted molar refractivity (Wildman–Crippen MR) is 86.8 cm³/mol. The third-order valence-electron chi connectivity index (χ3n) is 4.84. The predicted octanol–water partition coefficient (Wildman–Crippen LogP) is 2.67. The number of benzene rings is 1. The quantitative estimate of drug-likeness (QED) is 0.810. The first kappa shape index (κ1) is 15.3. The van der Waals surface area contributed by atoms with Crippen LogP contribution in [0.5, 0.6) is 5.75 Å². The van der Waals surface area contributed by atoms with Crippen molar-refractivity contribution in [1.82, 2.24) is 9.80 Å². The largest absolute Gasteiger partial charge is 0.497 e. The summed E-state index contributed by atoms with van der Waals surface area (Å²) in [6.07, 6.45) is 4.81. The summed E-state index contributed by atoms with van der Waals surface area (Å²) in [5.41, 5.74) is 1.31. The zero-order chi connectivity index (χ0) is 15.5. The van der Waals surface area contributed by atoms with Crippen LogP contribution >= 0.6 is 0 Å². The van der Waals surface area contributed by atoms with Gasteiger partial charge in [0.1, 0.15) is 5.75 Å². The third-order valence-corrected chi connectivity index (χ3v) is 4.84. The van der Waals surface area contributed by atoms with E-state index >= 15 is 0 Å². The molecule has 1 aliphatic heterocycles. The number of hydrogen-bond donors (Lipinski definition) is 0. The van der Waals surface area contributed by atoms with E-state index in [-0.39, 0.29) is 5.91 Å². The standard InChI is InChI=1S/C18H26N2O2/c1-14(21)20(16-7-8-16)13-17-4-3-11-19(17)12-15-5-9-18(22-2)10-6-15/h5-6,9-10,16-17H,3-4,7-8,11-13H2,1-2H3. The van der Waals surface area contributed by atoms with Crippen LogP contribution in [0.25, 0.3) is 0 Å². The van der Waals surface area contributed by atoms with Gasteiger partial charge in [0.05, 0.1) is 7.11 Å². The zero-order valence-corrected chi connectivity index (χ0v) is 13.6. The van der Waals surface area contributed by atoms with Gasteiger partial charge in [0.2, 0.25) is 5.91 Å². The molecule has 1 aromatic carbocycles. The fourth-order valence-electron chi connectivity index (χ4n) is 3.42. The summed E-state index contributed by atoms with van der Waals surface area (Å²) < 4.78 is 5.21. The molecule has 0 aromatic heterocycles. The second kappa shape index (κ2) is 6.69. The van der Waals surface area contributed by atoms with E-state index in [2.05, 4.69) is 21.9 Å². The van der Waals surface area contributed by atoms with Gasteiger partial charge in [0, 0.05) is 32.1 Å². The molecule has 2 aliphatic rings. The molecule has 4 heteroatoms. The molecule has 2 fully saturated rings. The lowest BCUT2D eigenvalue weighted by Crippen LogP contribution is -2.43. The molecule has 1 aromatic rings. The Bertz CT molecular complexity index is 510. The maximum absolute atomic E-state index is 11.8. The van der Waals surface area contributed by atoms with Gasteiger partial charge in [0.25, 0.3) is 0 Å². The number of rotatable bonds is 6. The number of likely N-dealkylation sites (tertiary alicyclic amines) is 1. The number of carbonyl (C=O) groups excluding carboxylic acids is 1. The normalized spacial score (nSPS) is 21.8. The van der Waals surface area contributed by atoms with E-state index in [0.29, 0.717) is 12.1 Å². The molecule has 120 valence electrons. The van der Waals surface area contributed by atoms with Crippen LogP contribution in [-0.2, 0) is 11.3 Å². The Morgan fingerprint density at radius 3 is 2.59 bits per heavy atom. The smallest absolute Gasteiger partial charge is 0.219 e. The number of ether oxygens (including phenoxy) is 1. The lowest BCUT2D eigenvalue weighted by atomic mass is 10.1. The minimum atomic E-state index is 0.235. The fourth-order valence-corrected chi connectivity index (χ4v) is 3.42. The Morgan fingerprint density at radius 2 is 2.00 bits per heavy atom. The first-order valence-corrected chi connectivity index (χ1v) is 8.31. The van der Waals surface area contributed by atoms with Crippen molar-refractivity contribution in [3.8, 4) is 5.75 Å². The van der Waals surface area contributed by atoms with Crippen LogP contribution < -0.4 is 4.74 Å². The maximum atomic E-state index is 11.8. The SMILES string of the molecule is COc1ccc(CN2CCCC2CN(C(C)=O)C2CC2)cc1. The highest BCUT2D eigenvalue weighted by Gasteiger charge is 2.35. The average molecular weight is 302 g/mol. The Balaban J connectivity index is 1.60. The van der Waals surface area contributed by atoms with Gasteiger partial charge in [0.15, 0.2) is 0 Å². The van der Waals surface area contributed by atoms with Crippen molar-refractivity contribution in [2.75, 3.05) is 20.2 Å². The van der Waals surface area contributed by atoms with Crippen molar-refractivity contribution >= 4 is 5.91 Å². The lowest BCUT2D eigenvalue weighted by Gasteiger charge is -2.30. The number of methoxy groups -OCH3 is 1. The minimum absolute atomic E-state index is 0.235. The molecule has 1 amide bonds. The van der Waals surface area contributed by atoms with E-state index in [1.807, 2.05) is 12.1 Å². The molecular formula is C18H26N2O2. The highest BCUT2D eigenvalue weighted by atomic mass is 16.5. The van der Waals surface area contributed by atoms with Crippen LogP contribution in [0.1, 0.15) is 38.2 Å². The van der Waals surface area contributed by atoms with Crippen LogP contribution in [0.15, 0.2) is 24.3 Å². The van der Waals surface area contributed by atoms with Gasteiger partial charge in [-0.05, 0) is 49.9 Å². The van der Waals surface area contributed by atoms with Crippen LogP contribution in [0.2, 0.25) is 0 Å². The second-order valence-electron chi connectivity index (χ2n) is 6.52.